The second kappa shape index (κ2) is 6.41. The molecular formula is C17H24ClN5O. The summed E-state index contributed by atoms with van der Waals surface area (Å²) in [5.74, 6) is 0.474. The number of aromatic nitrogens is 1. The first-order valence-corrected chi connectivity index (χ1v) is 9.18. The number of nitrogens with zero attached hydrogens (tertiary/aromatic N) is 4. The summed E-state index contributed by atoms with van der Waals surface area (Å²) in [4.78, 5) is 23.7. The van der Waals surface area contributed by atoms with Crippen molar-refractivity contribution in [2.75, 3.05) is 43.5 Å². The molecule has 0 radical (unpaired) electrons. The largest absolute Gasteiger partial charge is 0.396 e. The first-order valence-electron chi connectivity index (χ1n) is 8.80. The highest BCUT2D eigenvalue weighted by atomic mass is 35.5. The third kappa shape index (κ3) is 2.82. The lowest BCUT2D eigenvalue weighted by Crippen LogP contribution is -2.60. The van der Waals surface area contributed by atoms with Crippen molar-refractivity contribution in [1.29, 1.82) is 0 Å². The number of anilines is 2. The lowest BCUT2D eigenvalue weighted by Gasteiger charge is -2.49. The van der Waals surface area contributed by atoms with Crippen LogP contribution >= 0.6 is 11.6 Å². The van der Waals surface area contributed by atoms with E-state index >= 15 is 0 Å². The van der Waals surface area contributed by atoms with Crippen molar-refractivity contribution in [2.45, 2.75) is 31.7 Å². The van der Waals surface area contributed by atoms with Crippen molar-refractivity contribution in [3.63, 3.8) is 0 Å². The zero-order valence-electron chi connectivity index (χ0n) is 13.8. The van der Waals surface area contributed by atoms with E-state index in [1.165, 1.54) is 0 Å². The summed E-state index contributed by atoms with van der Waals surface area (Å²) in [5.41, 5.74) is 7.50. The Hall–Kier alpha value is -1.53. The number of halogens is 1. The van der Waals surface area contributed by atoms with Crippen LogP contribution in [0.1, 0.15) is 25.7 Å². The highest BCUT2D eigenvalue weighted by Crippen LogP contribution is 2.35. The molecule has 6 nitrogen and oxygen atoms in total. The Morgan fingerprint density at radius 3 is 2.42 bits per heavy atom. The minimum absolute atomic E-state index is 0.128. The minimum Gasteiger partial charge on any atom is -0.396 e. The van der Waals surface area contributed by atoms with E-state index in [2.05, 4.69) is 19.7 Å². The van der Waals surface area contributed by atoms with Gasteiger partial charge in [0.25, 0.3) is 0 Å². The molecule has 5 rings (SSSR count). The van der Waals surface area contributed by atoms with Gasteiger partial charge in [0, 0.05) is 44.3 Å². The fourth-order valence-corrected chi connectivity index (χ4v) is 4.60. The molecule has 1 aromatic rings. The predicted octanol–water partition coefficient (Wildman–Crippen LogP) is 1.80. The van der Waals surface area contributed by atoms with Gasteiger partial charge in [0.15, 0.2) is 0 Å². The number of piperidine rings is 2. The van der Waals surface area contributed by atoms with E-state index in [0.717, 1.165) is 64.2 Å². The van der Waals surface area contributed by atoms with Crippen LogP contribution in [0.2, 0.25) is 5.02 Å². The Labute approximate surface area is 147 Å². The maximum atomic E-state index is 12.9. The summed E-state index contributed by atoms with van der Waals surface area (Å²) in [5, 5.41) is 0.584. The summed E-state index contributed by atoms with van der Waals surface area (Å²) in [7, 11) is 0. The van der Waals surface area contributed by atoms with Gasteiger partial charge in [-0.25, -0.2) is 0 Å². The van der Waals surface area contributed by atoms with Crippen LogP contribution in [0.5, 0.6) is 0 Å². The number of carbonyl (C=O) groups excluding carboxylic acids is 1. The third-order valence-corrected chi connectivity index (χ3v) is 5.97. The van der Waals surface area contributed by atoms with Crippen LogP contribution in [-0.2, 0) is 4.79 Å². The Bertz CT molecular complexity index is 603. The summed E-state index contributed by atoms with van der Waals surface area (Å²) in [6.07, 6.45) is 7.25. The fourth-order valence-electron chi connectivity index (χ4n) is 4.31. The van der Waals surface area contributed by atoms with Crippen LogP contribution in [0.25, 0.3) is 0 Å². The fraction of sp³-hybridized carbons (Fsp3) is 0.647. The van der Waals surface area contributed by atoms with Gasteiger partial charge in [0.05, 0.1) is 29.3 Å². The van der Waals surface area contributed by atoms with E-state index < -0.39 is 0 Å². The zero-order chi connectivity index (χ0) is 16.7. The van der Waals surface area contributed by atoms with Crippen LogP contribution in [0.3, 0.4) is 0 Å². The van der Waals surface area contributed by atoms with Crippen molar-refractivity contribution >= 4 is 28.9 Å². The van der Waals surface area contributed by atoms with Gasteiger partial charge in [0.1, 0.15) is 0 Å². The molecular weight excluding hydrogens is 326 g/mol. The molecule has 5 heterocycles. The van der Waals surface area contributed by atoms with Crippen molar-refractivity contribution < 1.29 is 4.79 Å². The number of hydrogen-bond acceptors (Lipinski definition) is 5. The molecule has 1 amide bonds. The number of hydrogen-bond donors (Lipinski definition) is 1. The number of carbonyl (C=O) groups is 1. The molecule has 0 aromatic carbocycles. The molecule has 0 spiro atoms. The molecule has 7 heteroatoms. The van der Waals surface area contributed by atoms with Gasteiger partial charge in [-0.3, -0.25) is 14.7 Å². The summed E-state index contributed by atoms with van der Waals surface area (Å²) >= 11 is 6.26. The van der Waals surface area contributed by atoms with Gasteiger partial charge < -0.3 is 15.5 Å². The van der Waals surface area contributed by atoms with Crippen LogP contribution in [0.4, 0.5) is 11.4 Å². The molecule has 4 saturated heterocycles. The number of nitrogen functional groups attached to an aromatic ring is 1. The molecule has 4 fully saturated rings. The Morgan fingerprint density at radius 2 is 1.83 bits per heavy atom. The lowest BCUT2D eigenvalue weighted by molar-refractivity contribution is -0.148. The maximum Gasteiger partial charge on any atom is 0.227 e. The van der Waals surface area contributed by atoms with Gasteiger partial charge in [-0.1, -0.05) is 11.6 Å². The SMILES string of the molecule is Nc1cncc(Cl)c1N1CCC(C(=O)N2CN3CCC2CC3)CC1. The monoisotopic (exact) mass is 349 g/mol. The van der Waals surface area contributed by atoms with Crippen molar-refractivity contribution in [1.82, 2.24) is 14.8 Å². The molecule has 2 N–H and O–H groups in total. The van der Waals surface area contributed by atoms with Gasteiger partial charge in [-0.15, -0.1) is 0 Å². The van der Waals surface area contributed by atoms with Crippen molar-refractivity contribution in [3.8, 4) is 0 Å². The molecule has 4 aliphatic heterocycles. The molecule has 2 bridgehead atoms. The average Bonchev–Trinajstić information content (AvgIpc) is 2.62. The van der Waals surface area contributed by atoms with Crippen molar-refractivity contribution in [3.05, 3.63) is 17.4 Å². The van der Waals surface area contributed by atoms with Gasteiger partial charge in [0.2, 0.25) is 5.91 Å². The normalized spacial score (nSPS) is 27.5. The molecule has 130 valence electrons. The first-order chi connectivity index (χ1) is 11.6. The Balaban J connectivity index is 1.40. The molecule has 4 aliphatic rings. The van der Waals surface area contributed by atoms with Crippen LogP contribution in [0, 0.1) is 5.92 Å². The summed E-state index contributed by atoms with van der Waals surface area (Å²) in [6.45, 7) is 4.74. The maximum absolute atomic E-state index is 12.9. The number of fused-ring (bicyclic) bond motifs is 3. The van der Waals surface area contributed by atoms with E-state index in [9.17, 15) is 4.79 Å². The number of nitrogens with two attached hydrogens (primary N) is 1. The zero-order valence-corrected chi connectivity index (χ0v) is 14.6. The van der Waals surface area contributed by atoms with Crippen LogP contribution in [-0.4, -0.2) is 59.6 Å². The molecule has 24 heavy (non-hydrogen) atoms. The van der Waals surface area contributed by atoms with E-state index in [4.69, 9.17) is 17.3 Å². The van der Waals surface area contributed by atoms with E-state index in [0.29, 0.717) is 22.7 Å². The predicted molar refractivity (Wildman–Crippen MR) is 94.9 cm³/mol. The smallest absolute Gasteiger partial charge is 0.227 e. The second-order valence-corrected chi connectivity index (χ2v) is 7.53. The third-order valence-electron chi connectivity index (χ3n) is 5.69. The van der Waals surface area contributed by atoms with Gasteiger partial charge in [-0.2, -0.15) is 0 Å². The lowest BCUT2D eigenvalue weighted by atomic mass is 9.92. The summed E-state index contributed by atoms with van der Waals surface area (Å²) < 4.78 is 0. The Morgan fingerprint density at radius 1 is 1.12 bits per heavy atom. The van der Waals surface area contributed by atoms with E-state index in [1.54, 1.807) is 12.4 Å². The summed E-state index contributed by atoms with van der Waals surface area (Å²) in [6, 6.07) is 0.464. The molecule has 0 unspecified atom stereocenters. The average molecular weight is 350 g/mol. The highest BCUT2D eigenvalue weighted by Gasteiger charge is 2.38. The molecule has 0 atom stereocenters. The molecule has 1 aromatic heterocycles. The molecule has 0 aliphatic carbocycles. The number of pyridine rings is 1. The van der Waals surface area contributed by atoms with Crippen molar-refractivity contribution in [2.24, 2.45) is 5.92 Å². The minimum atomic E-state index is 0.128. The van der Waals surface area contributed by atoms with Gasteiger partial charge >= 0.3 is 0 Å². The number of rotatable bonds is 2. The van der Waals surface area contributed by atoms with Gasteiger partial charge in [-0.05, 0) is 25.7 Å². The highest BCUT2D eigenvalue weighted by molar-refractivity contribution is 6.33. The first kappa shape index (κ1) is 16.0. The van der Waals surface area contributed by atoms with Crippen LogP contribution < -0.4 is 10.6 Å². The quantitative estimate of drug-likeness (QED) is 0.882. The van der Waals surface area contributed by atoms with E-state index in [1.807, 2.05) is 0 Å². The van der Waals surface area contributed by atoms with E-state index in [-0.39, 0.29) is 5.92 Å². The van der Waals surface area contributed by atoms with Crippen LogP contribution in [0.15, 0.2) is 12.4 Å². The molecule has 0 saturated carbocycles. The Kier molecular flexibility index (Phi) is 4.26. The standard InChI is InChI=1S/C17H24ClN5O/c18-14-9-20-10-15(19)16(14)22-7-1-12(2-8-22)17(24)23-11-21-5-3-13(23)4-6-21/h9-10,12-13H,1-8,11,19H2. The topological polar surface area (TPSA) is 65.7 Å². The second-order valence-electron chi connectivity index (χ2n) is 7.12. The number of amides is 1.